The first-order valence-electron chi connectivity index (χ1n) is 8.39. The lowest BCUT2D eigenvalue weighted by Gasteiger charge is -2.21. The highest BCUT2D eigenvalue weighted by atomic mass is 31.2. The van der Waals surface area contributed by atoms with Crippen LogP contribution in [0.1, 0.15) is 13.3 Å². The van der Waals surface area contributed by atoms with E-state index in [0.29, 0.717) is 0 Å². The lowest BCUT2D eigenvalue weighted by molar-refractivity contribution is -0.157. The Balaban J connectivity index is 4.66. The number of nitrogens with one attached hydrogen (secondary N) is 2. The van der Waals surface area contributed by atoms with Gasteiger partial charge in [-0.15, -0.1) is 9.35 Å². The number of rotatable bonds is 19. The molecule has 0 bridgehead atoms. The van der Waals surface area contributed by atoms with Crippen molar-refractivity contribution < 1.29 is 65.7 Å². The summed E-state index contributed by atoms with van der Waals surface area (Å²) in [6, 6.07) is 0. The summed E-state index contributed by atoms with van der Waals surface area (Å²) in [5, 5.41) is 5.27. The minimum Gasteiger partial charge on any atom is -0.364 e. The molecule has 19 heteroatoms. The van der Waals surface area contributed by atoms with Crippen molar-refractivity contribution in [3.8, 4) is 0 Å². The van der Waals surface area contributed by atoms with Gasteiger partial charge in [0.2, 0.25) is 0 Å². The molecule has 6 N–H and O–H groups in total. The SMILES string of the molecule is CCC(COCNC)OP(=O)(O)OOP(=O)(O)OCC(COCNC)OP(=O)(O)O. The zero-order valence-electron chi connectivity index (χ0n) is 16.6. The third kappa shape index (κ3) is 16.8. The van der Waals surface area contributed by atoms with Crippen LogP contribution in [0.25, 0.3) is 0 Å². The van der Waals surface area contributed by atoms with Crippen LogP contribution in [0.15, 0.2) is 0 Å². The lowest BCUT2D eigenvalue weighted by atomic mass is 10.3. The lowest BCUT2D eigenvalue weighted by Crippen LogP contribution is -2.27. The summed E-state index contributed by atoms with van der Waals surface area (Å²) in [5.41, 5.74) is 0. The maximum atomic E-state index is 11.8. The van der Waals surface area contributed by atoms with Crippen molar-refractivity contribution in [2.45, 2.75) is 25.6 Å². The van der Waals surface area contributed by atoms with E-state index in [1.54, 1.807) is 14.0 Å². The number of hydrogen-bond donors (Lipinski definition) is 6. The molecule has 0 radical (unpaired) electrons. The number of phosphoric ester groups is 3. The van der Waals surface area contributed by atoms with E-state index in [1.807, 2.05) is 0 Å². The van der Waals surface area contributed by atoms with Crippen LogP contribution >= 0.6 is 23.5 Å². The van der Waals surface area contributed by atoms with Crippen molar-refractivity contribution in [2.75, 3.05) is 47.4 Å². The molecule has 0 heterocycles. The van der Waals surface area contributed by atoms with Gasteiger partial charge in [0, 0.05) is 0 Å². The fraction of sp³-hybridized carbons (Fsp3) is 1.00. The highest BCUT2D eigenvalue weighted by molar-refractivity contribution is 7.49. The zero-order valence-corrected chi connectivity index (χ0v) is 19.3. The molecular formula is C11H29N2O14P3. The molecule has 0 aliphatic carbocycles. The average molecular weight is 506 g/mol. The third-order valence-corrected chi connectivity index (χ3v) is 5.03. The van der Waals surface area contributed by atoms with E-state index >= 15 is 0 Å². The van der Waals surface area contributed by atoms with Gasteiger partial charge in [-0.3, -0.25) is 24.2 Å². The molecule has 0 saturated heterocycles. The summed E-state index contributed by atoms with van der Waals surface area (Å²) in [6.45, 7) is 0.372. The summed E-state index contributed by atoms with van der Waals surface area (Å²) >= 11 is 0. The maximum absolute atomic E-state index is 11.8. The van der Waals surface area contributed by atoms with E-state index in [0.717, 1.165) is 0 Å². The molecule has 16 nitrogen and oxygen atoms in total. The van der Waals surface area contributed by atoms with E-state index in [9.17, 15) is 23.5 Å². The first-order chi connectivity index (χ1) is 13.8. The van der Waals surface area contributed by atoms with E-state index in [4.69, 9.17) is 23.8 Å². The predicted molar refractivity (Wildman–Crippen MR) is 99.6 cm³/mol. The molecule has 182 valence electrons. The molecule has 0 amide bonds. The standard InChI is InChI=1S/C11H29N2O14P3/c1-4-10(5-21-8-12-2)25-30(19,20)27-26-29(17,18)23-7-11(6-22-9-13-3)24-28(14,15)16/h10-13H,4-9H2,1-3H3,(H,17,18)(H,19,20)(H2,14,15,16). The summed E-state index contributed by atoms with van der Waals surface area (Å²) in [5.74, 6) is 0. The van der Waals surface area contributed by atoms with Crippen LogP contribution < -0.4 is 10.6 Å². The average Bonchev–Trinajstić information content (AvgIpc) is 2.63. The largest absolute Gasteiger partial charge is 0.500 e. The van der Waals surface area contributed by atoms with Crippen LogP contribution in [0, 0.1) is 0 Å². The molecule has 0 aliphatic heterocycles. The maximum Gasteiger partial charge on any atom is 0.500 e. The zero-order chi connectivity index (χ0) is 23.3. The van der Waals surface area contributed by atoms with Gasteiger partial charge >= 0.3 is 23.5 Å². The highest BCUT2D eigenvalue weighted by Crippen LogP contribution is 2.53. The van der Waals surface area contributed by atoms with Gasteiger partial charge < -0.3 is 29.0 Å². The fourth-order valence-electron chi connectivity index (χ4n) is 1.60. The van der Waals surface area contributed by atoms with Gasteiger partial charge in [-0.25, -0.2) is 13.7 Å². The van der Waals surface area contributed by atoms with Crippen LogP contribution in [-0.2, 0) is 46.1 Å². The van der Waals surface area contributed by atoms with Gasteiger partial charge in [0.15, 0.2) is 0 Å². The molecule has 0 saturated carbocycles. The summed E-state index contributed by atoms with van der Waals surface area (Å²) in [6.07, 6.45) is -2.12. The van der Waals surface area contributed by atoms with Crippen molar-refractivity contribution in [1.29, 1.82) is 0 Å². The first-order valence-corrected chi connectivity index (χ1v) is 12.9. The van der Waals surface area contributed by atoms with Crippen molar-refractivity contribution in [2.24, 2.45) is 0 Å². The van der Waals surface area contributed by atoms with E-state index in [1.165, 1.54) is 7.05 Å². The Morgan fingerprint density at radius 3 is 1.73 bits per heavy atom. The fourth-order valence-corrected chi connectivity index (χ4v) is 3.80. The van der Waals surface area contributed by atoms with Gasteiger partial charge in [0.1, 0.15) is 6.10 Å². The smallest absolute Gasteiger partial charge is 0.364 e. The van der Waals surface area contributed by atoms with Gasteiger partial charge in [-0.2, -0.15) is 0 Å². The Morgan fingerprint density at radius 2 is 1.27 bits per heavy atom. The Bertz CT molecular complexity index is 604. The topological polar surface area (TPSA) is 221 Å². The first kappa shape index (κ1) is 30.2. The van der Waals surface area contributed by atoms with Crippen molar-refractivity contribution in [1.82, 2.24) is 10.6 Å². The molecule has 0 rings (SSSR count). The summed E-state index contributed by atoms with van der Waals surface area (Å²) in [4.78, 5) is 36.8. The minimum atomic E-state index is -5.11. The summed E-state index contributed by atoms with van der Waals surface area (Å²) in [7, 11) is -11.9. The normalized spacial score (nSPS) is 18.5. The number of ether oxygens (including phenoxy) is 2. The molecule has 30 heavy (non-hydrogen) atoms. The Morgan fingerprint density at radius 1 is 0.767 bits per heavy atom. The van der Waals surface area contributed by atoms with Crippen LogP contribution in [0.3, 0.4) is 0 Å². The molecule has 0 aromatic rings. The molecule has 4 unspecified atom stereocenters. The second kappa shape index (κ2) is 15.1. The molecule has 4 atom stereocenters. The highest BCUT2D eigenvalue weighted by Gasteiger charge is 2.35. The molecular weight excluding hydrogens is 477 g/mol. The molecule has 0 aliphatic rings. The van der Waals surface area contributed by atoms with Crippen LogP contribution in [0.2, 0.25) is 0 Å². The third-order valence-electron chi connectivity index (χ3n) is 2.77. The Kier molecular flexibility index (Phi) is 15.2. The number of hydrogen-bond acceptors (Lipinski definition) is 12. The van der Waals surface area contributed by atoms with Crippen molar-refractivity contribution in [3.63, 3.8) is 0 Å². The second-order valence-electron chi connectivity index (χ2n) is 5.47. The Labute approximate surface area is 173 Å². The van der Waals surface area contributed by atoms with Gasteiger partial charge in [0.05, 0.1) is 39.4 Å². The van der Waals surface area contributed by atoms with E-state index in [-0.39, 0.29) is 26.5 Å². The van der Waals surface area contributed by atoms with Crippen molar-refractivity contribution in [3.05, 3.63) is 0 Å². The summed E-state index contributed by atoms with van der Waals surface area (Å²) < 4.78 is 66.1. The molecule has 0 aromatic carbocycles. The van der Waals surface area contributed by atoms with Gasteiger partial charge in [-0.05, 0) is 20.5 Å². The Hall–Kier alpha value is 0.170. The van der Waals surface area contributed by atoms with Crippen LogP contribution in [0.5, 0.6) is 0 Å². The van der Waals surface area contributed by atoms with E-state index in [2.05, 4.69) is 29.0 Å². The molecule has 0 fully saturated rings. The van der Waals surface area contributed by atoms with Crippen LogP contribution in [-0.4, -0.2) is 79.2 Å². The van der Waals surface area contributed by atoms with Crippen LogP contribution in [0.4, 0.5) is 0 Å². The quantitative estimate of drug-likeness (QED) is 0.0439. The predicted octanol–water partition coefficient (Wildman–Crippen LogP) is -0.188. The monoisotopic (exact) mass is 506 g/mol. The van der Waals surface area contributed by atoms with Gasteiger partial charge in [0.25, 0.3) is 0 Å². The number of phosphoric acid groups is 3. The molecule has 0 spiro atoms. The second-order valence-corrected chi connectivity index (χ2v) is 9.31. The molecule has 0 aromatic heterocycles. The van der Waals surface area contributed by atoms with E-state index < -0.39 is 48.9 Å². The van der Waals surface area contributed by atoms with Gasteiger partial charge in [-0.1, -0.05) is 6.92 Å². The van der Waals surface area contributed by atoms with Crippen molar-refractivity contribution >= 4 is 23.5 Å². The minimum absolute atomic E-state index is 0.0148.